The maximum absolute atomic E-state index is 11.9. The van der Waals surface area contributed by atoms with Crippen molar-refractivity contribution in [1.82, 2.24) is 0 Å². The lowest BCUT2D eigenvalue weighted by Crippen LogP contribution is -2.40. The van der Waals surface area contributed by atoms with Crippen LogP contribution in [0.4, 0.5) is 0 Å². The molecule has 0 aromatic carbocycles. The Hall–Kier alpha value is -0.670. The van der Waals surface area contributed by atoms with Crippen LogP contribution < -0.4 is 0 Å². The van der Waals surface area contributed by atoms with Gasteiger partial charge in [0.25, 0.3) is 0 Å². The number of hydrogen-bond acceptors (Lipinski definition) is 3. The summed E-state index contributed by atoms with van der Waals surface area (Å²) in [6.07, 6.45) is 4.91. The van der Waals surface area contributed by atoms with Gasteiger partial charge in [-0.3, -0.25) is 4.79 Å². The quantitative estimate of drug-likeness (QED) is 0.840. The normalized spacial score (nSPS) is 34.5. The Morgan fingerprint density at radius 2 is 2.17 bits per heavy atom. The van der Waals surface area contributed by atoms with E-state index in [9.17, 15) is 9.90 Å². The number of carbonyl (C=O) groups is 1. The van der Waals surface area contributed by atoms with E-state index in [0.717, 1.165) is 18.4 Å². The van der Waals surface area contributed by atoms with Crippen molar-refractivity contribution in [2.45, 2.75) is 71.2 Å². The molecule has 102 valence electrons. The number of aliphatic hydroxyl groups is 1. The van der Waals surface area contributed by atoms with Gasteiger partial charge in [-0.05, 0) is 37.7 Å². The van der Waals surface area contributed by atoms with E-state index >= 15 is 0 Å². The molecule has 0 spiro atoms. The first-order valence-electron chi connectivity index (χ1n) is 6.82. The van der Waals surface area contributed by atoms with Gasteiger partial charge in [-0.15, -0.1) is 0 Å². The second-order valence-corrected chi connectivity index (χ2v) is 6.80. The van der Waals surface area contributed by atoms with E-state index in [-0.39, 0.29) is 23.4 Å². The Labute approximate surface area is 109 Å². The van der Waals surface area contributed by atoms with Crippen LogP contribution in [0, 0.1) is 5.41 Å². The molecule has 0 bridgehead atoms. The Balaban J connectivity index is 2.06. The Morgan fingerprint density at radius 3 is 2.61 bits per heavy atom. The summed E-state index contributed by atoms with van der Waals surface area (Å²) in [6, 6.07) is 0. The summed E-state index contributed by atoms with van der Waals surface area (Å²) in [7, 11) is 0. The Kier molecular flexibility index (Phi) is 3.41. The highest BCUT2D eigenvalue weighted by Crippen LogP contribution is 2.38. The fraction of sp³-hybridized carbons (Fsp3) is 0.800. The Bertz CT molecular complexity index is 379. The van der Waals surface area contributed by atoms with E-state index in [1.54, 1.807) is 6.92 Å². The SMILES string of the molecule is C[C@H]1CC[C@@H]([C@@](C)(O)CC2=CC(C)(C)CC2=O)O1. The van der Waals surface area contributed by atoms with Crippen LogP contribution >= 0.6 is 0 Å². The summed E-state index contributed by atoms with van der Waals surface area (Å²) < 4.78 is 5.74. The molecular formula is C15H24O3. The van der Waals surface area contributed by atoms with Gasteiger partial charge >= 0.3 is 0 Å². The van der Waals surface area contributed by atoms with Crippen LogP contribution in [0.1, 0.15) is 53.4 Å². The first kappa shape index (κ1) is 13.8. The van der Waals surface area contributed by atoms with Crippen LogP contribution in [0.2, 0.25) is 0 Å². The molecule has 0 aromatic heterocycles. The molecule has 1 saturated heterocycles. The summed E-state index contributed by atoms with van der Waals surface area (Å²) in [5.41, 5.74) is -0.230. The van der Waals surface area contributed by atoms with Gasteiger partial charge in [0.05, 0.1) is 17.8 Å². The smallest absolute Gasteiger partial charge is 0.159 e. The molecule has 1 heterocycles. The van der Waals surface area contributed by atoms with E-state index < -0.39 is 5.60 Å². The van der Waals surface area contributed by atoms with Crippen LogP contribution in [0.3, 0.4) is 0 Å². The second-order valence-electron chi connectivity index (χ2n) is 6.80. The lowest BCUT2D eigenvalue weighted by molar-refractivity contribution is -0.118. The van der Waals surface area contributed by atoms with E-state index in [4.69, 9.17) is 4.74 Å². The third kappa shape index (κ3) is 2.83. The highest BCUT2D eigenvalue weighted by Gasteiger charge is 2.41. The zero-order valence-corrected chi connectivity index (χ0v) is 11.8. The van der Waals surface area contributed by atoms with Crippen molar-refractivity contribution in [2.24, 2.45) is 5.41 Å². The van der Waals surface area contributed by atoms with E-state index in [1.807, 2.05) is 13.0 Å². The van der Waals surface area contributed by atoms with Crippen molar-refractivity contribution in [1.29, 1.82) is 0 Å². The molecule has 3 heteroatoms. The van der Waals surface area contributed by atoms with Gasteiger partial charge < -0.3 is 9.84 Å². The monoisotopic (exact) mass is 252 g/mol. The van der Waals surface area contributed by atoms with Crippen molar-refractivity contribution in [3.05, 3.63) is 11.6 Å². The standard InChI is InChI=1S/C15H24O3/c1-10-5-6-13(18-10)15(4,17)8-11-7-14(2,3)9-12(11)16/h7,10,13,17H,5-6,8-9H2,1-4H3/t10-,13-,15-/m0/s1. The number of hydrogen-bond donors (Lipinski definition) is 1. The number of allylic oxidation sites excluding steroid dienone is 1. The van der Waals surface area contributed by atoms with E-state index in [0.29, 0.717) is 12.8 Å². The molecular weight excluding hydrogens is 228 g/mol. The molecule has 2 rings (SSSR count). The molecule has 1 fully saturated rings. The molecule has 0 aromatic rings. The van der Waals surface area contributed by atoms with Gasteiger partial charge in [-0.1, -0.05) is 19.9 Å². The third-order valence-electron chi connectivity index (χ3n) is 4.01. The number of ether oxygens (including phenoxy) is 1. The Morgan fingerprint density at radius 1 is 1.50 bits per heavy atom. The van der Waals surface area contributed by atoms with Crippen LogP contribution in [0.15, 0.2) is 11.6 Å². The molecule has 0 amide bonds. The molecule has 2 aliphatic rings. The van der Waals surface area contributed by atoms with Crippen LogP contribution in [0.25, 0.3) is 0 Å². The predicted octanol–water partition coefficient (Wildman–Crippen LogP) is 2.62. The van der Waals surface area contributed by atoms with Gasteiger partial charge in [0.1, 0.15) is 0 Å². The highest BCUT2D eigenvalue weighted by atomic mass is 16.5. The van der Waals surface area contributed by atoms with Crippen molar-refractivity contribution in [2.75, 3.05) is 0 Å². The minimum atomic E-state index is -0.938. The molecule has 18 heavy (non-hydrogen) atoms. The third-order valence-corrected chi connectivity index (χ3v) is 4.01. The zero-order valence-electron chi connectivity index (χ0n) is 11.8. The summed E-state index contributed by atoms with van der Waals surface area (Å²) in [5, 5.41) is 10.6. The number of rotatable bonds is 3. The summed E-state index contributed by atoms with van der Waals surface area (Å²) in [4.78, 5) is 11.9. The average molecular weight is 252 g/mol. The van der Waals surface area contributed by atoms with Gasteiger partial charge in [0.15, 0.2) is 5.78 Å². The van der Waals surface area contributed by atoms with Gasteiger partial charge in [0.2, 0.25) is 0 Å². The lowest BCUT2D eigenvalue weighted by Gasteiger charge is -2.30. The summed E-state index contributed by atoms with van der Waals surface area (Å²) >= 11 is 0. The molecule has 1 aliphatic heterocycles. The van der Waals surface area contributed by atoms with Gasteiger partial charge in [-0.25, -0.2) is 0 Å². The summed E-state index contributed by atoms with van der Waals surface area (Å²) in [6.45, 7) is 7.93. The van der Waals surface area contributed by atoms with Crippen LogP contribution in [-0.4, -0.2) is 28.7 Å². The first-order chi connectivity index (χ1) is 8.20. The fourth-order valence-corrected chi connectivity index (χ4v) is 3.04. The fourth-order valence-electron chi connectivity index (χ4n) is 3.04. The lowest BCUT2D eigenvalue weighted by atomic mass is 9.88. The van der Waals surface area contributed by atoms with E-state index in [1.165, 1.54) is 0 Å². The van der Waals surface area contributed by atoms with Crippen molar-refractivity contribution < 1.29 is 14.6 Å². The van der Waals surface area contributed by atoms with Crippen molar-refractivity contribution in [3.63, 3.8) is 0 Å². The molecule has 0 saturated carbocycles. The number of carbonyl (C=O) groups excluding carboxylic acids is 1. The van der Waals surface area contributed by atoms with Crippen LogP contribution in [0.5, 0.6) is 0 Å². The molecule has 3 nitrogen and oxygen atoms in total. The second kappa shape index (κ2) is 4.46. The number of ketones is 1. The average Bonchev–Trinajstić information content (AvgIpc) is 2.71. The largest absolute Gasteiger partial charge is 0.387 e. The van der Waals surface area contributed by atoms with Crippen LogP contribution in [-0.2, 0) is 9.53 Å². The number of Topliss-reactive ketones (excluding diaryl/α,β-unsaturated/α-hetero) is 1. The molecule has 3 atom stereocenters. The summed E-state index contributed by atoms with van der Waals surface area (Å²) in [5.74, 6) is 0.173. The highest BCUT2D eigenvalue weighted by molar-refractivity contribution is 5.98. The molecule has 1 aliphatic carbocycles. The van der Waals surface area contributed by atoms with Gasteiger partial charge in [0, 0.05) is 12.8 Å². The molecule has 0 unspecified atom stereocenters. The van der Waals surface area contributed by atoms with Crippen molar-refractivity contribution in [3.8, 4) is 0 Å². The van der Waals surface area contributed by atoms with Crippen molar-refractivity contribution >= 4 is 5.78 Å². The topological polar surface area (TPSA) is 46.5 Å². The van der Waals surface area contributed by atoms with E-state index in [2.05, 4.69) is 13.8 Å². The minimum absolute atomic E-state index is 0.0632. The maximum atomic E-state index is 11.9. The zero-order chi connectivity index (χ0) is 13.6. The molecule has 1 N–H and O–H groups in total. The first-order valence-corrected chi connectivity index (χ1v) is 6.82. The predicted molar refractivity (Wildman–Crippen MR) is 70.3 cm³/mol. The maximum Gasteiger partial charge on any atom is 0.159 e. The van der Waals surface area contributed by atoms with Gasteiger partial charge in [-0.2, -0.15) is 0 Å². The minimum Gasteiger partial charge on any atom is -0.387 e. The molecule has 0 radical (unpaired) electrons.